The van der Waals surface area contributed by atoms with E-state index in [0.717, 1.165) is 24.2 Å². The third-order valence-electron chi connectivity index (χ3n) is 7.83. The molecule has 10 nitrogen and oxygen atoms in total. The van der Waals surface area contributed by atoms with Crippen LogP contribution in [0.15, 0.2) is 48.9 Å². The molecule has 4 N–H and O–H groups in total. The highest BCUT2D eigenvalue weighted by molar-refractivity contribution is 6.04. The lowest BCUT2D eigenvalue weighted by Gasteiger charge is -2.12. The second kappa shape index (κ2) is 9.75. The van der Waals surface area contributed by atoms with Crippen LogP contribution in [0.1, 0.15) is 47.4 Å². The molecule has 3 aromatic heterocycles. The number of amides is 1. The highest BCUT2D eigenvalue weighted by Crippen LogP contribution is 2.62. The van der Waals surface area contributed by atoms with E-state index in [1.54, 1.807) is 25.4 Å². The van der Waals surface area contributed by atoms with Crippen LogP contribution in [0.25, 0.3) is 16.8 Å². The molecule has 6 rings (SSSR count). The first-order valence-corrected chi connectivity index (χ1v) is 13.0. The number of halogens is 3. The third kappa shape index (κ3) is 4.70. The van der Waals surface area contributed by atoms with Gasteiger partial charge in [0.15, 0.2) is 0 Å². The van der Waals surface area contributed by atoms with Gasteiger partial charge in [0.2, 0.25) is 0 Å². The van der Waals surface area contributed by atoms with Gasteiger partial charge in [-0.1, -0.05) is 0 Å². The summed E-state index contributed by atoms with van der Waals surface area (Å²) in [5, 5.41) is 11.8. The van der Waals surface area contributed by atoms with Gasteiger partial charge in [0, 0.05) is 35.6 Å². The van der Waals surface area contributed by atoms with Gasteiger partial charge < -0.3 is 20.9 Å². The van der Waals surface area contributed by atoms with Gasteiger partial charge in [-0.25, -0.2) is 15.0 Å². The van der Waals surface area contributed by atoms with Crippen molar-refractivity contribution in [3.05, 3.63) is 65.9 Å². The van der Waals surface area contributed by atoms with Gasteiger partial charge in [0.05, 0.1) is 18.1 Å². The lowest BCUT2D eigenvalue weighted by Crippen LogP contribution is -2.14. The number of alkyl halides is 3. The third-order valence-corrected chi connectivity index (χ3v) is 7.83. The van der Waals surface area contributed by atoms with E-state index in [4.69, 9.17) is 15.5 Å². The minimum Gasteiger partial charge on any atom is -0.493 e. The number of nitrogen functional groups attached to an aromatic ring is 1. The van der Waals surface area contributed by atoms with Gasteiger partial charge in [0.25, 0.3) is 5.91 Å². The minimum atomic E-state index is -4.58. The average Bonchev–Trinajstić information content (AvgIpc) is 3.24. The SMILES string of the molecule is CCOc1cc(C(=O)Nc2cc(C(F)(F)F)ccn2)ccc1-c1nc(C2C[C@@H]3C(C(=O)O)[C@@H]3C2)n2ccnc(N)c12. The summed E-state index contributed by atoms with van der Waals surface area (Å²) in [5.41, 5.74) is 7.11. The second-order valence-corrected chi connectivity index (χ2v) is 10.2. The van der Waals surface area contributed by atoms with Crippen LogP contribution in [0.3, 0.4) is 0 Å². The van der Waals surface area contributed by atoms with Crippen LogP contribution in [-0.2, 0) is 11.0 Å². The number of ether oxygens (including phenoxy) is 1. The summed E-state index contributed by atoms with van der Waals surface area (Å²) in [4.78, 5) is 37.4. The predicted octanol–water partition coefficient (Wildman–Crippen LogP) is 4.87. The second-order valence-electron chi connectivity index (χ2n) is 10.2. The van der Waals surface area contributed by atoms with Crippen LogP contribution in [0.2, 0.25) is 0 Å². The van der Waals surface area contributed by atoms with E-state index in [-0.39, 0.29) is 47.5 Å². The zero-order chi connectivity index (χ0) is 29.1. The molecule has 3 heterocycles. The van der Waals surface area contributed by atoms with Gasteiger partial charge in [-0.05, 0) is 61.9 Å². The number of hydrogen-bond acceptors (Lipinski definition) is 7. The molecule has 2 fully saturated rings. The van der Waals surface area contributed by atoms with Crippen LogP contribution in [0, 0.1) is 17.8 Å². The molecule has 212 valence electrons. The van der Waals surface area contributed by atoms with Crippen LogP contribution in [0.4, 0.5) is 24.8 Å². The number of anilines is 2. The Balaban J connectivity index is 1.34. The molecular formula is C28H25F3N6O4. The Kier molecular flexibility index (Phi) is 6.31. The summed E-state index contributed by atoms with van der Waals surface area (Å²) in [6.07, 6.45) is 1.16. The number of aromatic nitrogens is 4. The van der Waals surface area contributed by atoms with Crippen molar-refractivity contribution in [1.82, 2.24) is 19.4 Å². The number of aliphatic carboxylic acids is 1. The van der Waals surface area contributed by atoms with E-state index in [9.17, 15) is 27.9 Å². The number of carbonyl (C=O) groups is 2. The predicted molar refractivity (Wildman–Crippen MR) is 141 cm³/mol. The number of nitrogens with zero attached hydrogens (tertiary/aromatic N) is 4. The maximum absolute atomic E-state index is 13.1. The van der Waals surface area contributed by atoms with Crippen molar-refractivity contribution in [3.63, 3.8) is 0 Å². The van der Waals surface area contributed by atoms with Crippen LogP contribution < -0.4 is 15.8 Å². The van der Waals surface area contributed by atoms with Crippen LogP contribution in [-0.4, -0.2) is 42.9 Å². The van der Waals surface area contributed by atoms with Gasteiger partial charge in [0.1, 0.15) is 34.4 Å². The standard InChI is InChI=1S/C28H25F3N6O4/c1-2-41-19-11-13(26(38)35-20-12-15(5-6-33-20)28(29,30)31)3-4-16(19)22-23-24(32)34-7-8-37(23)25(36-22)14-9-17-18(10-14)21(17)27(39)40/h3-8,11-12,14,17-18,21H,2,9-10H2,1H3,(H2,32,34)(H,39,40)(H,33,35,38)/t14?,17-,18+,21?. The topological polar surface area (TPSA) is 145 Å². The van der Waals surface area contributed by atoms with E-state index in [0.29, 0.717) is 35.4 Å². The average molecular weight is 567 g/mol. The van der Waals surface area contributed by atoms with Gasteiger partial charge in [-0.3, -0.25) is 14.0 Å². The Morgan fingerprint density at radius 3 is 2.59 bits per heavy atom. The van der Waals surface area contributed by atoms with Crippen molar-refractivity contribution in [2.24, 2.45) is 17.8 Å². The Hall–Kier alpha value is -4.68. The lowest BCUT2D eigenvalue weighted by atomic mass is 9.99. The highest BCUT2D eigenvalue weighted by atomic mass is 19.4. The van der Waals surface area contributed by atoms with E-state index in [1.807, 2.05) is 4.40 Å². The van der Waals surface area contributed by atoms with Gasteiger partial charge >= 0.3 is 12.1 Å². The monoisotopic (exact) mass is 566 g/mol. The summed E-state index contributed by atoms with van der Waals surface area (Å²) in [6, 6.07) is 6.23. The van der Waals surface area contributed by atoms with E-state index >= 15 is 0 Å². The molecule has 4 atom stereocenters. The fourth-order valence-electron chi connectivity index (χ4n) is 5.98. The number of carboxylic acid groups (broad SMARTS) is 1. The van der Waals surface area contributed by atoms with E-state index < -0.39 is 23.6 Å². The van der Waals surface area contributed by atoms with Gasteiger partial charge in [-0.2, -0.15) is 13.2 Å². The summed E-state index contributed by atoms with van der Waals surface area (Å²) in [6.45, 7) is 2.04. The number of fused-ring (bicyclic) bond motifs is 2. The maximum atomic E-state index is 13.1. The van der Waals surface area contributed by atoms with Crippen LogP contribution >= 0.6 is 0 Å². The number of imidazole rings is 1. The molecule has 2 saturated carbocycles. The lowest BCUT2D eigenvalue weighted by molar-refractivity contribution is -0.139. The number of hydrogen-bond donors (Lipinski definition) is 3. The summed E-state index contributed by atoms with van der Waals surface area (Å²) in [5.74, 6) is -0.322. The number of rotatable bonds is 7. The smallest absolute Gasteiger partial charge is 0.416 e. The maximum Gasteiger partial charge on any atom is 0.416 e. The molecule has 0 spiro atoms. The van der Waals surface area contributed by atoms with Crippen LogP contribution in [0.5, 0.6) is 5.75 Å². The fourth-order valence-corrected chi connectivity index (χ4v) is 5.98. The van der Waals surface area contributed by atoms with E-state index in [1.165, 1.54) is 12.1 Å². The molecule has 0 radical (unpaired) electrons. The van der Waals surface area contributed by atoms with Crippen molar-refractivity contribution < 1.29 is 32.6 Å². The summed E-state index contributed by atoms with van der Waals surface area (Å²) < 4.78 is 47.0. The number of carbonyl (C=O) groups excluding carboxylic acids is 1. The Morgan fingerprint density at radius 2 is 1.90 bits per heavy atom. The number of carboxylic acids is 1. The molecule has 0 bridgehead atoms. The molecule has 41 heavy (non-hydrogen) atoms. The zero-order valence-corrected chi connectivity index (χ0v) is 21.7. The highest BCUT2D eigenvalue weighted by Gasteiger charge is 2.60. The number of benzene rings is 1. The molecule has 13 heteroatoms. The Labute approximate surface area is 231 Å². The summed E-state index contributed by atoms with van der Waals surface area (Å²) >= 11 is 0. The molecule has 0 saturated heterocycles. The molecule has 2 aliphatic rings. The molecule has 0 aliphatic heterocycles. The first kappa shape index (κ1) is 26.5. The molecule has 2 unspecified atom stereocenters. The number of pyridine rings is 1. The minimum absolute atomic E-state index is 0.0456. The normalized spacial score (nSPS) is 21.5. The molecular weight excluding hydrogens is 541 g/mol. The first-order chi connectivity index (χ1) is 19.6. The van der Waals surface area contributed by atoms with E-state index in [2.05, 4.69) is 15.3 Å². The van der Waals surface area contributed by atoms with Crippen molar-refractivity contribution in [1.29, 1.82) is 0 Å². The summed E-state index contributed by atoms with van der Waals surface area (Å²) in [7, 11) is 0. The van der Waals surface area contributed by atoms with Crippen molar-refractivity contribution in [2.75, 3.05) is 17.7 Å². The van der Waals surface area contributed by atoms with Crippen molar-refractivity contribution >= 4 is 29.0 Å². The fraction of sp³-hybridized carbons (Fsp3) is 0.321. The largest absolute Gasteiger partial charge is 0.493 e. The zero-order valence-electron chi connectivity index (χ0n) is 21.7. The molecule has 1 amide bonds. The van der Waals surface area contributed by atoms with Gasteiger partial charge in [-0.15, -0.1) is 0 Å². The molecule has 2 aliphatic carbocycles. The Morgan fingerprint density at radius 1 is 1.15 bits per heavy atom. The number of nitrogens with one attached hydrogen (secondary N) is 1. The number of nitrogens with two attached hydrogens (primary N) is 1. The molecule has 4 aromatic rings. The quantitative estimate of drug-likeness (QED) is 0.287. The first-order valence-electron chi connectivity index (χ1n) is 13.0. The van der Waals surface area contributed by atoms with Crippen molar-refractivity contribution in [3.8, 4) is 17.0 Å². The molecule has 1 aromatic carbocycles. The Bertz CT molecular complexity index is 1680. The van der Waals surface area contributed by atoms with Crippen molar-refractivity contribution in [2.45, 2.75) is 31.9 Å².